The minimum Gasteiger partial charge on any atom is -0.494 e. The Kier molecular flexibility index (Phi) is 2.14. The maximum absolute atomic E-state index is 9.05. The summed E-state index contributed by atoms with van der Waals surface area (Å²) in [6, 6.07) is 4.16. The largest absolute Gasteiger partial charge is 0.494 e. The molecule has 4 heteroatoms. The summed E-state index contributed by atoms with van der Waals surface area (Å²) >= 11 is 0. The van der Waals surface area contributed by atoms with E-state index < -0.39 is 14.0 Å². The van der Waals surface area contributed by atoms with Crippen molar-refractivity contribution in [2.45, 2.75) is 13.8 Å². The van der Waals surface area contributed by atoms with E-state index in [2.05, 4.69) is 0 Å². The number of benzene rings is 1. The lowest BCUT2D eigenvalue weighted by Crippen LogP contribution is -2.31. The smallest absolute Gasteiger partial charge is 0.488 e. The first kappa shape index (κ1) is 6.46. The third-order valence-corrected chi connectivity index (χ3v) is 1.61. The summed E-state index contributed by atoms with van der Waals surface area (Å²) in [6.45, 7) is -0.197. The Labute approximate surface area is 82.3 Å². The highest BCUT2D eigenvalue weighted by atomic mass is 16.5. The van der Waals surface area contributed by atoms with Crippen molar-refractivity contribution in [1.82, 2.24) is 0 Å². The van der Waals surface area contributed by atoms with Crippen LogP contribution in [0.4, 0.5) is 0 Å². The van der Waals surface area contributed by atoms with Crippen molar-refractivity contribution in [3.63, 3.8) is 0 Å². The predicted molar refractivity (Wildman–Crippen MR) is 52.2 cm³/mol. The molecule has 0 saturated carbocycles. The third-order valence-electron chi connectivity index (χ3n) is 1.61. The quantitative estimate of drug-likeness (QED) is 0.652. The fourth-order valence-electron chi connectivity index (χ4n) is 1.02. The van der Waals surface area contributed by atoms with Gasteiger partial charge in [-0.15, -0.1) is 0 Å². The average molecular weight is 183 g/mol. The first-order valence-corrected chi connectivity index (χ1v) is 3.99. The minimum absolute atomic E-state index is 0.0246. The summed E-state index contributed by atoms with van der Waals surface area (Å²) in [5, 5.41) is 18.1. The molecule has 0 spiro atoms. The van der Waals surface area contributed by atoms with Crippen LogP contribution in [0.2, 0.25) is 0 Å². The zero-order chi connectivity index (χ0) is 12.3. The molecule has 1 aromatic rings. The Hall–Kier alpha value is -0.995. The molecular formula is C9H13BO3. The monoisotopic (exact) mass is 183 g/mol. The fourth-order valence-corrected chi connectivity index (χ4v) is 1.02. The molecule has 1 aromatic carbocycles. The maximum Gasteiger partial charge on any atom is 0.488 e. The molecule has 0 bridgehead atoms. The molecule has 0 atom stereocenters. The van der Waals surface area contributed by atoms with Crippen molar-refractivity contribution < 1.29 is 18.9 Å². The second kappa shape index (κ2) is 4.30. The van der Waals surface area contributed by atoms with Crippen LogP contribution < -0.4 is 10.2 Å². The Bertz CT molecular complexity index is 366. The molecule has 0 heterocycles. The van der Waals surface area contributed by atoms with E-state index in [0.29, 0.717) is 12.4 Å². The Morgan fingerprint density at radius 3 is 2.85 bits per heavy atom. The van der Waals surface area contributed by atoms with Gasteiger partial charge in [0.25, 0.3) is 0 Å². The first-order chi connectivity index (χ1) is 7.36. The van der Waals surface area contributed by atoms with Crippen molar-refractivity contribution in [1.29, 1.82) is 0 Å². The number of aryl methyl sites for hydroxylation is 1. The lowest BCUT2D eigenvalue weighted by molar-refractivity contribution is 0.340. The first-order valence-electron chi connectivity index (χ1n) is 5.49. The van der Waals surface area contributed by atoms with Crippen LogP contribution in [0, 0.1) is 6.85 Å². The van der Waals surface area contributed by atoms with E-state index in [1.54, 1.807) is 6.92 Å². The van der Waals surface area contributed by atoms with Gasteiger partial charge in [0.05, 0.1) is 6.61 Å². The zero-order valence-electron chi connectivity index (χ0n) is 10.3. The number of hydrogen-bond acceptors (Lipinski definition) is 3. The molecule has 0 aliphatic heterocycles. The average Bonchev–Trinajstić information content (AvgIpc) is 2.16. The molecule has 0 fully saturated rings. The van der Waals surface area contributed by atoms with E-state index in [-0.39, 0.29) is 11.0 Å². The van der Waals surface area contributed by atoms with Gasteiger partial charge in [0.15, 0.2) is 0 Å². The van der Waals surface area contributed by atoms with Crippen molar-refractivity contribution in [3.8, 4) is 5.75 Å². The highest BCUT2D eigenvalue weighted by Gasteiger charge is 2.13. The predicted octanol–water partition coefficient (Wildman–Crippen LogP) is 0.0735. The molecule has 2 N–H and O–H groups in total. The van der Waals surface area contributed by atoms with Gasteiger partial charge >= 0.3 is 7.12 Å². The third kappa shape index (κ3) is 2.47. The maximum atomic E-state index is 9.05. The minimum atomic E-state index is -2.40. The number of rotatable bonds is 3. The highest BCUT2D eigenvalue weighted by molar-refractivity contribution is 6.59. The van der Waals surface area contributed by atoms with E-state index in [1.807, 2.05) is 0 Å². The van der Waals surface area contributed by atoms with Crippen LogP contribution in [0.25, 0.3) is 0 Å². The molecular weight excluding hydrogens is 167 g/mol. The topological polar surface area (TPSA) is 49.7 Å². The second-order valence-electron chi connectivity index (χ2n) is 2.56. The molecule has 70 valence electrons. The van der Waals surface area contributed by atoms with E-state index in [9.17, 15) is 0 Å². The van der Waals surface area contributed by atoms with Crippen molar-refractivity contribution in [2.75, 3.05) is 6.61 Å². The Morgan fingerprint density at radius 1 is 1.54 bits per heavy atom. The summed E-state index contributed by atoms with van der Waals surface area (Å²) in [7, 11) is -1.80. The SMILES string of the molecule is [2H]C([2H])([2H])c1cc(OCC)ccc1B(O)O. The van der Waals surface area contributed by atoms with E-state index >= 15 is 0 Å². The van der Waals surface area contributed by atoms with Gasteiger partial charge in [-0.2, -0.15) is 0 Å². The van der Waals surface area contributed by atoms with Crippen molar-refractivity contribution >= 4 is 12.6 Å². The highest BCUT2D eigenvalue weighted by Crippen LogP contribution is 2.10. The molecule has 3 nitrogen and oxygen atoms in total. The van der Waals surface area contributed by atoms with Crippen LogP contribution in [0.5, 0.6) is 5.75 Å². The summed E-state index contributed by atoms with van der Waals surface area (Å²) in [4.78, 5) is 0. The van der Waals surface area contributed by atoms with Crippen molar-refractivity contribution in [2.24, 2.45) is 0 Å². The summed E-state index contributed by atoms with van der Waals surface area (Å²) in [6.07, 6.45) is 0. The molecule has 0 aliphatic carbocycles. The van der Waals surface area contributed by atoms with Crippen molar-refractivity contribution in [3.05, 3.63) is 23.8 Å². The van der Waals surface area contributed by atoms with Crippen LogP contribution in [0.15, 0.2) is 18.2 Å². The van der Waals surface area contributed by atoms with Crippen LogP contribution in [0.3, 0.4) is 0 Å². The van der Waals surface area contributed by atoms with Gasteiger partial charge in [-0.05, 0) is 36.9 Å². The van der Waals surface area contributed by atoms with Gasteiger partial charge in [0.1, 0.15) is 5.75 Å². The molecule has 13 heavy (non-hydrogen) atoms. The molecule has 0 aromatic heterocycles. The molecule has 0 radical (unpaired) electrons. The fraction of sp³-hybridized carbons (Fsp3) is 0.333. The number of hydrogen-bond donors (Lipinski definition) is 2. The zero-order valence-corrected chi connectivity index (χ0v) is 7.32. The summed E-state index contributed by atoms with van der Waals surface area (Å²) < 4.78 is 27.0. The second-order valence-corrected chi connectivity index (χ2v) is 2.56. The standard InChI is InChI=1S/C9H13BO3/c1-3-13-8-4-5-9(10(11)12)7(2)6-8/h4-6,11-12H,3H2,1-2H3/i2D3. The summed E-state index contributed by atoms with van der Waals surface area (Å²) in [5.74, 6) is 0.401. The van der Waals surface area contributed by atoms with Gasteiger partial charge in [-0.3, -0.25) is 0 Å². The number of ether oxygens (including phenoxy) is 1. The van der Waals surface area contributed by atoms with Crippen LogP contribution in [-0.4, -0.2) is 23.8 Å². The van der Waals surface area contributed by atoms with Crippen LogP contribution >= 0.6 is 0 Å². The van der Waals surface area contributed by atoms with Gasteiger partial charge in [0, 0.05) is 4.11 Å². The van der Waals surface area contributed by atoms with Gasteiger partial charge in [0.2, 0.25) is 0 Å². The van der Waals surface area contributed by atoms with E-state index in [4.69, 9.17) is 18.9 Å². The molecule has 0 amide bonds. The summed E-state index contributed by atoms with van der Waals surface area (Å²) in [5.41, 5.74) is -0.128. The Morgan fingerprint density at radius 2 is 2.31 bits per heavy atom. The molecule has 0 saturated heterocycles. The molecule has 1 rings (SSSR count). The van der Waals surface area contributed by atoms with E-state index in [0.717, 1.165) is 0 Å². The molecule has 0 unspecified atom stereocenters. The van der Waals surface area contributed by atoms with Gasteiger partial charge in [-0.25, -0.2) is 0 Å². The Balaban J connectivity index is 3.22. The lowest BCUT2D eigenvalue weighted by atomic mass is 9.77. The lowest BCUT2D eigenvalue weighted by Gasteiger charge is -2.07. The van der Waals surface area contributed by atoms with Gasteiger partial charge in [-0.1, -0.05) is 6.07 Å². The normalized spacial score (nSPS) is 14.2. The van der Waals surface area contributed by atoms with Gasteiger partial charge < -0.3 is 14.8 Å². The van der Waals surface area contributed by atoms with E-state index in [1.165, 1.54) is 18.2 Å². The molecule has 0 aliphatic rings. The van der Waals surface area contributed by atoms with Crippen LogP contribution in [-0.2, 0) is 0 Å². The van der Waals surface area contributed by atoms with Crippen LogP contribution in [0.1, 0.15) is 16.6 Å².